The van der Waals surface area contributed by atoms with Crippen LogP contribution in [0.3, 0.4) is 0 Å². The molecule has 0 rings (SSSR count). The molecule has 0 aromatic carbocycles. The van der Waals surface area contributed by atoms with Crippen LogP contribution in [0.15, 0.2) is 0 Å². The van der Waals surface area contributed by atoms with Gasteiger partial charge in [0.15, 0.2) is 0 Å². The van der Waals surface area contributed by atoms with Gasteiger partial charge in [0.1, 0.15) is 0 Å². The first kappa shape index (κ1) is 38.6. The summed E-state index contributed by atoms with van der Waals surface area (Å²) >= 11 is 0. The van der Waals surface area contributed by atoms with Gasteiger partial charge in [-0.2, -0.15) is 0 Å². The molecule has 0 aliphatic carbocycles. The third kappa shape index (κ3) is 33.7. The van der Waals surface area contributed by atoms with Crippen LogP contribution < -0.4 is 0 Å². The average Bonchev–Trinajstić information content (AvgIpc) is 2.86. The van der Waals surface area contributed by atoms with Crippen molar-refractivity contribution in [1.82, 2.24) is 0 Å². The first-order valence-corrected chi connectivity index (χ1v) is 14.2. The number of aliphatic hydroxyl groups excluding tert-OH is 1. The summed E-state index contributed by atoms with van der Waals surface area (Å²) in [4.78, 5) is 0. The van der Waals surface area contributed by atoms with E-state index in [9.17, 15) is 0 Å². The van der Waals surface area contributed by atoms with Crippen LogP contribution in [0, 0.1) is 5.41 Å². The summed E-state index contributed by atoms with van der Waals surface area (Å²) in [6, 6.07) is 0. The van der Waals surface area contributed by atoms with Crippen molar-refractivity contribution < 1.29 is 52.5 Å². The molecule has 0 aliphatic heterocycles. The zero-order valence-corrected chi connectivity index (χ0v) is 25.4. The smallest absolute Gasteiger partial charge is 0.0707 e. The maximum Gasteiger partial charge on any atom is 0.0707 e. The molecule has 0 aliphatic rings. The Balaban J connectivity index is 3.14. The molecule has 0 aromatic rings. The Morgan fingerprint density at radius 1 is 0.359 bits per heavy atom. The van der Waals surface area contributed by atoms with Crippen molar-refractivity contribution in [3.05, 3.63) is 0 Å². The van der Waals surface area contributed by atoms with Crippen molar-refractivity contribution in [2.45, 2.75) is 46.6 Å². The molecule has 0 heterocycles. The molecule has 0 saturated heterocycles. The van der Waals surface area contributed by atoms with Crippen molar-refractivity contribution in [1.29, 1.82) is 0 Å². The highest BCUT2D eigenvalue weighted by Gasteiger charge is 2.25. The van der Waals surface area contributed by atoms with E-state index < -0.39 is 0 Å². The molecule has 0 bridgehead atoms. The van der Waals surface area contributed by atoms with Crippen molar-refractivity contribution in [3.8, 4) is 0 Å². The Bertz CT molecular complexity index is 487. The van der Waals surface area contributed by atoms with E-state index in [2.05, 4.69) is 34.6 Å². The van der Waals surface area contributed by atoms with E-state index in [1.807, 2.05) is 0 Å². The Labute approximate surface area is 237 Å². The largest absolute Gasteiger partial charge is 0.394 e. The lowest BCUT2D eigenvalue weighted by atomic mass is 9.84. The van der Waals surface area contributed by atoms with Gasteiger partial charge in [-0.25, -0.2) is 0 Å². The molecule has 11 nitrogen and oxygen atoms in total. The number of hydrogen-bond acceptors (Lipinski definition) is 11. The third-order valence-electron chi connectivity index (χ3n) is 4.89. The molecule has 11 heteroatoms. The fourth-order valence-electron chi connectivity index (χ4n) is 3.63. The predicted molar refractivity (Wildman–Crippen MR) is 149 cm³/mol. The van der Waals surface area contributed by atoms with Crippen molar-refractivity contribution >= 4 is 0 Å². The molecule has 0 aromatic heterocycles. The van der Waals surface area contributed by atoms with Gasteiger partial charge in [0.25, 0.3) is 0 Å². The van der Waals surface area contributed by atoms with Gasteiger partial charge in [0, 0.05) is 0 Å². The van der Waals surface area contributed by atoms with E-state index in [1.165, 1.54) is 0 Å². The van der Waals surface area contributed by atoms with Gasteiger partial charge in [-0.3, -0.25) is 0 Å². The number of rotatable bonds is 31. The SMILES string of the molecule is CC(C)(C)CC(C)(C)OCCOCCOCCOCCOCCOCCOCCOCCOCCOCCO. The molecule has 1 N–H and O–H groups in total. The Morgan fingerprint density at radius 2 is 0.590 bits per heavy atom. The highest BCUT2D eigenvalue weighted by atomic mass is 16.6. The summed E-state index contributed by atoms with van der Waals surface area (Å²) in [6.45, 7) is 20.7. The molecule has 0 spiro atoms. The van der Waals surface area contributed by atoms with E-state index in [1.54, 1.807) is 0 Å². The standard InChI is InChI=1S/C28H58O11/c1-27(2,3)26-28(4,5)39-25-24-38-23-22-37-21-20-36-19-18-35-17-16-34-15-14-33-13-12-32-11-10-31-9-8-30-7-6-29/h29H,6-26H2,1-5H3. The molecule has 0 amide bonds. The lowest BCUT2D eigenvalue weighted by Gasteiger charge is -2.32. The minimum absolute atomic E-state index is 0.0288. The maximum atomic E-state index is 8.57. The monoisotopic (exact) mass is 570 g/mol. The van der Waals surface area contributed by atoms with Crippen LogP contribution in [-0.4, -0.2) is 143 Å². The van der Waals surface area contributed by atoms with Crippen LogP contribution in [0.1, 0.15) is 41.0 Å². The highest BCUT2D eigenvalue weighted by Crippen LogP contribution is 2.29. The number of ether oxygens (including phenoxy) is 10. The summed E-state index contributed by atoms with van der Waals surface area (Å²) in [7, 11) is 0. The second kappa shape index (κ2) is 27.7. The molecule has 236 valence electrons. The van der Waals surface area contributed by atoms with E-state index >= 15 is 0 Å². The first-order valence-electron chi connectivity index (χ1n) is 14.2. The van der Waals surface area contributed by atoms with E-state index in [0.29, 0.717) is 126 Å². The molecule has 0 saturated carbocycles. The van der Waals surface area contributed by atoms with E-state index in [4.69, 9.17) is 52.5 Å². The lowest BCUT2D eigenvalue weighted by Crippen LogP contribution is -2.31. The molecule has 0 fully saturated rings. The maximum absolute atomic E-state index is 8.57. The zero-order chi connectivity index (χ0) is 28.9. The van der Waals surface area contributed by atoms with E-state index in [0.717, 1.165) is 6.42 Å². The van der Waals surface area contributed by atoms with Gasteiger partial charge in [-0.15, -0.1) is 0 Å². The van der Waals surface area contributed by atoms with Crippen molar-refractivity contribution in [2.75, 3.05) is 132 Å². The van der Waals surface area contributed by atoms with Crippen LogP contribution in [0.4, 0.5) is 0 Å². The zero-order valence-electron chi connectivity index (χ0n) is 25.4. The van der Waals surface area contributed by atoms with E-state index in [-0.39, 0.29) is 17.6 Å². The molecule has 0 unspecified atom stereocenters. The van der Waals surface area contributed by atoms with Gasteiger partial charge >= 0.3 is 0 Å². The Kier molecular flexibility index (Phi) is 27.4. The minimum atomic E-state index is -0.145. The minimum Gasteiger partial charge on any atom is -0.394 e. The Morgan fingerprint density at radius 3 is 0.821 bits per heavy atom. The van der Waals surface area contributed by atoms with Gasteiger partial charge in [0.05, 0.1) is 138 Å². The molecule has 39 heavy (non-hydrogen) atoms. The molecule has 0 radical (unpaired) electrons. The summed E-state index contributed by atoms with van der Waals surface area (Å²) in [6.07, 6.45) is 0.999. The van der Waals surface area contributed by atoms with Gasteiger partial charge in [-0.05, 0) is 25.7 Å². The van der Waals surface area contributed by atoms with Crippen LogP contribution >= 0.6 is 0 Å². The van der Waals surface area contributed by atoms with Gasteiger partial charge in [0.2, 0.25) is 0 Å². The second-order valence-electron chi connectivity index (χ2n) is 10.6. The van der Waals surface area contributed by atoms with Crippen LogP contribution in [0.25, 0.3) is 0 Å². The number of hydrogen-bond donors (Lipinski definition) is 1. The van der Waals surface area contributed by atoms with Crippen LogP contribution in [-0.2, 0) is 47.4 Å². The third-order valence-corrected chi connectivity index (χ3v) is 4.89. The van der Waals surface area contributed by atoms with Gasteiger partial charge < -0.3 is 52.5 Å². The predicted octanol–water partition coefficient (Wildman–Crippen LogP) is 2.36. The fraction of sp³-hybridized carbons (Fsp3) is 1.00. The number of aliphatic hydroxyl groups is 1. The summed E-state index contributed by atoms with van der Waals surface area (Å²) in [5.74, 6) is 0. The Hall–Kier alpha value is -0.440. The average molecular weight is 571 g/mol. The first-order chi connectivity index (χ1) is 18.8. The quantitative estimate of drug-likeness (QED) is 0.124. The molecular weight excluding hydrogens is 512 g/mol. The van der Waals surface area contributed by atoms with Crippen LogP contribution in [0.5, 0.6) is 0 Å². The van der Waals surface area contributed by atoms with Gasteiger partial charge in [-0.1, -0.05) is 20.8 Å². The summed E-state index contributed by atoms with van der Waals surface area (Å²) < 4.78 is 54.7. The molecular formula is C28H58O11. The molecule has 0 atom stereocenters. The van der Waals surface area contributed by atoms with Crippen molar-refractivity contribution in [3.63, 3.8) is 0 Å². The van der Waals surface area contributed by atoms with Crippen LogP contribution in [0.2, 0.25) is 0 Å². The summed E-state index contributed by atoms with van der Waals surface area (Å²) in [5.41, 5.74) is 0.0956. The normalized spacial score (nSPS) is 12.5. The van der Waals surface area contributed by atoms with Crippen molar-refractivity contribution in [2.24, 2.45) is 5.41 Å². The summed E-state index contributed by atoms with van der Waals surface area (Å²) in [5, 5.41) is 8.57. The fourth-order valence-corrected chi connectivity index (χ4v) is 3.63. The highest BCUT2D eigenvalue weighted by molar-refractivity contribution is 4.76. The lowest BCUT2D eigenvalue weighted by molar-refractivity contribution is -0.0704. The topological polar surface area (TPSA) is 113 Å². The second-order valence-corrected chi connectivity index (χ2v) is 10.6.